The molecule has 0 radical (unpaired) electrons. The van der Waals surface area contributed by atoms with Crippen molar-refractivity contribution in [3.8, 4) is 0 Å². The highest BCUT2D eigenvalue weighted by atomic mass is 16.6. The standard InChI is InChI=1S/C9H18O2/c1-9(2,3)7-5-4-6-8(10)11-7/h7-8,10H,4-6H2,1-3H3. The zero-order valence-electron chi connectivity index (χ0n) is 7.63. The Balaban J connectivity index is 2.46. The van der Waals surface area contributed by atoms with Crippen LogP contribution >= 0.6 is 0 Å². The van der Waals surface area contributed by atoms with Gasteiger partial charge in [-0.05, 0) is 24.7 Å². The monoisotopic (exact) mass is 158 g/mol. The van der Waals surface area contributed by atoms with Crippen molar-refractivity contribution in [3.05, 3.63) is 0 Å². The molecule has 1 fully saturated rings. The molecule has 66 valence electrons. The van der Waals surface area contributed by atoms with Crippen LogP contribution in [-0.2, 0) is 4.74 Å². The number of hydrogen-bond acceptors (Lipinski definition) is 2. The Hall–Kier alpha value is -0.0800. The van der Waals surface area contributed by atoms with Crippen LogP contribution in [0.3, 0.4) is 0 Å². The highest BCUT2D eigenvalue weighted by Gasteiger charge is 2.30. The summed E-state index contributed by atoms with van der Waals surface area (Å²) >= 11 is 0. The minimum Gasteiger partial charge on any atom is -0.368 e. The zero-order chi connectivity index (χ0) is 8.48. The van der Waals surface area contributed by atoms with Crippen molar-refractivity contribution in [2.24, 2.45) is 5.41 Å². The van der Waals surface area contributed by atoms with E-state index in [-0.39, 0.29) is 11.5 Å². The van der Waals surface area contributed by atoms with E-state index in [0.717, 1.165) is 19.3 Å². The van der Waals surface area contributed by atoms with Crippen molar-refractivity contribution >= 4 is 0 Å². The van der Waals surface area contributed by atoms with Gasteiger partial charge in [-0.1, -0.05) is 20.8 Å². The van der Waals surface area contributed by atoms with E-state index in [9.17, 15) is 5.11 Å². The summed E-state index contributed by atoms with van der Waals surface area (Å²) in [6.07, 6.45) is 2.68. The zero-order valence-corrected chi connectivity index (χ0v) is 7.63. The van der Waals surface area contributed by atoms with Crippen LogP contribution in [0.5, 0.6) is 0 Å². The van der Waals surface area contributed by atoms with Gasteiger partial charge in [0.1, 0.15) is 0 Å². The van der Waals surface area contributed by atoms with Crippen LogP contribution in [-0.4, -0.2) is 17.5 Å². The summed E-state index contributed by atoms with van der Waals surface area (Å²) in [7, 11) is 0. The van der Waals surface area contributed by atoms with Gasteiger partial charge in [0.05, 0.1) is 6.10 Å². The van der Waals surface area contributed by atoms with Crippen LogP contribution < -0.4 is 0 Å². The minimum absolute atomic E-state index is 0.168. The van der Waals surface area contributed by atoms with E-state index in [2.05, 4.69) is 20.8 Å². The molecule has 0 aliphatic carbocycles. The molecule has 0 aromatic carbocycles. The molecule has 0 saturated carbocycles. The first kappa shape index (κ1) is 9.01. The number of hydrogen-bond donors (Lipinski definition) is 1. The average Bonchev–Trinajstić information content (AvgIpc) is 1.86. The van der Waals surface area contributed by atoms with Gasteiger partial charge in [-0.2, -0.15) is 0 Å². The van der Waals surface area contributed by atoms with Crippen LogP contribution in [0.4, 0.5) is 0 Å². The first-order valence-corrected chi connectivity index (χ1v) is 4.33. The van der Waals surface area contributed by atoms with E-state index in [1.165, 1.54) is 0 Å². The van der Waals surface area contributed by atoms with E-state index >= 15 is 0 Å². The van der Waals surface area contributed by atoms with E-state index in [0.29, 0.717) is 0 Å². The number of aliphatic hydroxyl groups is 1. The summed E-state index contributed by atoms with van der Waals surface area (Å²) in [5.41, 5.74) is 0.168. The Labute approximate surface area is 68.6 Å². The highest BCUT2D eigenvalue weighted by molar-refractivity contribution is 4.77. The fourth-order valence-corrected chi connectivity index (χ4v) is 1.44. The predicted molar refractivity (Wildman–Crippen MR) is 44.2 cm³/mol. The first-order valence-electron chi connectivity index (χ1n) is 4.33. The molecular formula is C9H18O2. The molecule has 1 rings (SSSR count). The molecule has 11 heavy (non-hydrogen) atoms. The second kappa shape index (κ2) is 3.11. The smallest absolute Gasteiger partial charge is 0.154 e. The Bertz CT molecular complexity index is 126. The SMILES string of the molecule is CC(C)(C)C1CCCC(O)O1. The molecule has 2 heteroatoms. The molecule has 0 aromatic heterocycles. The van der Waals surface area contributed by atoms with E-state index in [4.69, 9.17) is 4.74 Å². The van der Waals surface area contributed by atoms with Crippen LogP contribution in [0, 0.1) is 5.41 Å². The van der Waals surface area contributed by atoms with Gasteiger partial charge in [0.2, 0.25) is 0 Å². The average molecular weight is 158 g/mol. The van der Waals surface area contributed by atoms with Crippen molar-refractivity contribution < 1.29 is 9.84 Å². The lowest BCUT2D eigenvalue weighted by molar-refractivity contribution is -0.189. The molecule has 0 aromatic rings. The van der Waals surface area contributed by atoms with Crippen LogP contribution in [0.1, 0.15) is 40.0 Å². The third-order valence-corrected chi connectivity index (χ3v) is 2.20. The fourth-order valence-electron chi connectivity index (χ4n) is 1.44. The summed E-state index contributed by atoms with van der Waals surface area (Å²) in [5.74, 6) is 0. The minimum atomic E-state index is -0.520. The van der Waals surface area contributed by atoms with Gasteiger partial charge < -0.3 is 9.84 Å². The third-order valence-electron chi connectivity index (χ3n) is 2.20. The fraction of sp³-hybridized carbons (Fsp3) is 1.00. The molecule has 2 atom stereocenters. The van der Waals surface area contributed by atoms with Gasteiger partial charge in [0.15, 0.2) is 6.29 Å². The molecule has 1 aliphatic rings. The lowest BCUT2D eigenvalue weighted by Gasteiger charge is -2.35. The van der Waals surface area contributed by atoms with Crippen LogP contribution in [0.2, 0.25) is 0 Å². The second-order valence-corrected chi connectivity index (χ2v) is 4.38. The second-order valence-electron chi connectivity index (χ2n) is 4.38. The first-order chi connectivity index (χ1) is 5.00. The van der Waals surface area contributed by atoms with Crippen molar-refractivity contribution in [3.63, 3.8) is 0 Å². The summed E-state index contributed by atoms with van der Waals surface area (Å²) in [6.45, 7) is 6.45. The Morgan fingerprint density at radius 3 is 2.27 bits per heavy atom. The molecular weight excluding hydrogens is 140 g/mol. The van der Waals surface area contributed by atoms with E-state index < -0.39 is 6.29 Å². The molecule has 2 unspecified atom stereocenters. The topological polar surface area (TPSA) is 29.5 Å². The maximum atomic E-state index is 9.22. The lowest BCUT2D eigenvalue weighted by Crippen LogP contribution is -2.36. The normalized spacial score (nSPS) is 33.8. The van der Waals surface area contributed by atoms with E-state index in [1.807, 2.05) is 0 Å². The number of aliphatic hydroxyl groups excluding tert-OH is 1. The predicted octanol–water partition coefficient (Wildman–Crippen LogP) is 1.92. The lowest BCUT2D eigenvalue weighted by atomic mass is 9.85. The molecule has 1 N–H and O–H groups in total. The number of rotatable bonds is 0. The molecule has 2 nitrogen and oxygen atoms in total. The summed E-state index contributed by atoms with van der Waals surface area (Å²) in [5, 5.41) is 9.22. The van der Waals surface area contributed by atoms with Gasteiger partial charge in [0.25, 0.3) is 0 Å². The van der Waals surface area contributed by atoms with Crippen molar-refractivity contribution in [2.45, 2.75) is 52.4 Å². The van der Waals surface area contributed by atoms with Crippen LogP contribution in [0.15, 0.2) is 0 Å². The van der Waals surface area contributed by atoms with Crippen molar-refractivity contribution in [1.29, 1.82) is 0 Å². The Morgan fingerprint density at radius 1 is 1.27 bits per heavy atom. The van der Waals surface area contributed by atoms with Gasteiger partial charge in [-0.25, -0.2) is 0 Å². The summed E-state index contributed by atoms with van der Waals surface area (Å²) in [6, 6.07) is 0. The molecule has 1 heterocycles. The Morgan fingerprint density at radius 2 is 1.91 bits per heavy atom. The molecule has 1 aliphatic heterocycles. The molecule has 1 saturated heterocycles. The summed E-state index contributed by atoms with van der Waals surface area (Å²) in [4.78, 5) is 0. The van der Waals surface area contributed by atoms with Gasteiger partial charge in [-0.3, -0.25) is 0 Å². The van der Waals surface area contributed by atoms with Crippen molar-refractivity contribution in [1.82, 2.24) is 0 Å². The Kier molecular flexibility index (Phi) is 2.55. The third kappa shape index (κ3) is 2.46. The maximum Gasteiger partial charge on any atom is 0.154 e. The van der Waals surface area contributed by atoms with Crippen molar-refractivity contribution in [2.75, 3.05) is 0 Å². The highest BCUT2D eigenvalue weighted by Crippen LogP contribution is 2.31. The van der Waals surface area contributed by atoms with Gasteiger partial charge >= 0.3 is 0 Å². The molecule has 0 bridgehead atoms. The van der Waals surface area contributed by atoms with Gasteiger partial charge in [0, 0.05) is 0 Å². The van der Waals surface area contributed by atoms with Gasteiger partial charge in [-0.15, -0.1) is 0 Å². The maximum absolute atomic E-state index is 9.22. The van der Waals surface area contributed by atoms with E-state index in [1.54, 1.807) is 0 Å². The molecule has 0 spiro atoms. The number of ether oxygens (including phenoxy) is 1. The van der Waals surface area contributed by atoms with Crippen LogP contribution in [0.25, 0.3) is 0 Å². The summed E-state index contributed by atoms with van der Waals surface area (Å²) < 4.78 is 5.41. The largest absolute Gasteiger partial charge is 0.368 e. The quantitative estimate of drug-likeness (QED) is 0.583. The molecule has 0 amide bonds.